The molecule has 19 heavy (non-hydrogen) atoms. The van der Waals surface area contributed by atoms with E-state index in [0.29, 0.717) is 6.04 Å². The molecule has 1 aromatic carbocycles. The average molecular weight is 275 g/mol. The molecule has 1 unspecified atom stereocenters. The maximum atomic E-state index is 6.00. The first-order chi connectivity index (χ1) is 9.15. The zero-order valence-corrected chi connectivity index (χ0v) is 12.6. The Balaban J connectivity index is 2.37. The van der Waals surface area contributed by atoms with Gasteiger partial charge in [0, 0.05) is 30.4 Å². The lowest BCUT2D eigenvalue weighted by molar-refractivity contribution is 0.671. The molecular weight excluding hydrogens is 254 g/mol. The third-order valence-corrected chi connectivity index (χ3v) is 4.20. The number of nitrogens with two attached hydrogens (primary N) is 1. The fraction of sp³-hybridized carbons (Fsp3) is 0.400. The lowest BCUT2D eigenvalue weighted by atomic mass is 10.1. The number of benzene rings is 1. The van der Waals surface area contributed by atoms with Crippen LogP contribution in [0.1, 0.15) is 13.3 Å². The van der Waals surface area contributed by atoms with Crippen LogP contribution in [-0.4, -0.2) is 30.1 Å². The summed E-state index contributed by atoms with van der Waals surface area (Å²) in [6.45, 7) is 2.26. The molecule has 0 bridgehead atoms. The van der Waals surface area contributed by atoms with Crippen molar-refractivity contribution in [1.82, 2.24) is 4.98 Å². The summed E-state index contributed by atoms with van der Waals surface area (Å²) in [6, 6.07) is 8.59. The van der Waals surface area contributed by atoms with Gasteiger partial charge < -0.3 is 10.6 Å². The second-order valence-electron chi connectivity index (χ2n) is 4.81. The van der Waals surface area contributed by atoms with Crippen LogP contribution in [-0.2, 0) is 0 Å². The van der Waals surface area contributed by atoms with E-state index in [1.165, 1.54) is 17.9 Å². The van der Waals surface area contributed by atoms with Gasteiger partial charge in [-0.05, 0) is 49.6 Å². The second kappa shape index (κ2) is 6.15. The molecule has 0 spiro atoms. The molecule has 2 rings (SSSR count). The molecule has 3 nitrogen and oxygen atoms in total. The van der Waals surface area contributed by atoms with E-state index in [1.54, 1.807) is 6.20 Å². The predicted molar refractivity (Wildman–Crippen MR) is 87.0 cm³/mol. The van der Waals surface area contributed by atoms with Gasteiger partial charge in [0.05, 0.1) is 11.2 Å². The van der Waals surface area contributed by atoms with Gasteiger partial charge in [-0.25, -0.2) is 0 Å². The van der Waals surface area contributed by atoms with Crippen molar-refractivity contribution in [2.24, 2.45) is 0 Å². The van der Waals surface area contributed by atoms with E-state index in [4.69, 9.17) is 5.73 Å². The van der Waals surface area contributed by atoms with E-state index in [9.17, 15) is 0 Å². The molecule has 0 saturated heterocycles. The van der Waals surface area contributed by atoms with Gasteiger partial charge in [-0.1, -0.05) is 0 Å². The Kier molecular flexibility index (Phi) is 4.53. The van der Waals surface area contributed by atoms with Gasteiger partial charge in [0.25, 0.3) is 0 Å². The summed E-state index contributed by atoms with van der Waals surface area (Å²) in [5.41, 5.74) is 8.83. The quantitative estimate of drug-likeness (QED) is 0.849. The van der Waals surface area contributed by atoms with Crippen LogP contribution >= 0.6 is 11.8 Å². The Labute approximate surface area is 119 Å². The normalized spacial score (nSPS) is 12.6. The molecule has 0 saturated carbocycles. The Bertz CT molecular complexity index is 556. The lowest BCUT2D eigenvalue weighted by Crippen LogP contribution is -2.29. The minimum atomic E-state index is 0.500. The molecule has 0 aliphatic carbocycles. The number of pyridine rings is 1. The summed E-state index contributed by atoms with van der Waals surface area (Å²) in [7, 11) is 2.14. The predicted octanol–water partition coefficient (Wildman–Crippen LogP) is 3.39. The van der Waals surface area contributed by atoms with E-state index in [1.807, 2.05) is 23.9 Å². The number of hydrogen-bond acceptors (Lipinski definition) is 4. The number of aromatic nitrogens is 1. The molecule has 1 atom stereocenters. The van der Waals surface area contributed by atoms with Crippen molar-refractivity contribution >= 4 is 34.0 Å². The summed E-state index contributed by atoms with van der Waals surface area (Å²) in [5.74, 6) is 1.18. The number of hydrogen-bond donors (Lipinski definition) is 1. The molecule has 2 N–H and O–H groups in total. The van der Waals surface area contributed by atoms with E-state index >= 15 is 0 Å². The first kappa shape index (κ1) is 14.0. The number of nitrogen functional groups attached to an aromatic ring is 1. The number of thioether (sulfide) groups is 1. The molecule has 1 aromatic heterocycles. The van der Waals surface area contributed by atoms with Crippen molar-refractivity contribution in [3.8, 4) is 0 Å². The highest BCUT2D eigenvalue weighted by Gasteiger charge is 2.13. The first-order valence-corrected chi connectivity index (χ1v) is 7.89. The van der Waals surface area contributed by atoms with Crippen LogP contribution in [0.4, 0.5) is 11.4 Å². The maximum Gasteiger partial charge on any atom is 0.0951 e. The number of fused-ring (bicyclic) bond motifs is 1. The van der Waals surface area contributed by atoms with Gasteiger partial charge in [-0.15, -0.1) is 0 Å². The highest BCUT2D eigenvalue weighted by molar-refractivity contribution is 7.98. The van der Waals surface area contributed by atoms with Crippen LogP contribution in [0, 0.1) is 0 Å². The van der Waals surface area contributed by atoms with Gasteiger partial charge in [0.15, 0.2) is 0 Å². The summed E-state index contributed by atoms with van der Waals surface area (Å²) in [4.78, 5) is 6.71. The second-order valence-corrected chi connectivity index (χ2v) is 5.80. The van der Waals surface area contributed by atoms with Crippen LogP contribution in [0.2, 0.25) is 0 Å². The number of nitrogens with zero attached hydrogens (tertiary/aromatic N) is 2. The Hall–Kier alpha value is -1.42. The van der Waals surface area contributed by atoms with Crippen LogP contribution in [0.15, 0.2) is 30.5 Å². The molecule has 0 aliphatic heterocycles. The van der Waals surface area contributed by atoms with Crippen molar-refractivity contribution in [3.05, 3.63) is 30.5 Å². The topological polar surface area (TPSA) is 42.1 Å². The van der Waals surface area contributed by atoms with Crippen molar-refractivity contribution in [2.45, 2.75) is 19.4 Å². The van der Waals surface area contributed by atoms with E-state index < -0.39 is 0 Å². The minimum absolute atomic E-state index is 0.500. The van der Waals surface area contributed by atoms with Crippen LogP contribution < -0.4 is 10.6 Å². The van der Waals surface area contributed by atoms with Crippen LogP contribution in [0.5, 0.6) is 0 Å². The standard InChI is InChI=1S/C15H21N3S/c1-11(8-10-19-3)18(2)14-7-6-13(16)15-12(14)5-4-9-17-15/h4-7,9,11H,8,10,16H2,1-3H3. The smallest absolute Gasteiger partial charge is 0.0951 e. The van der Waals surface area contributed by atoms with Gasteiger partial charge in [0.2, 0.25) is 0 Å². The lowest BCUT2D eigenvalue weighted by Gasteiger charge is -2.28. The molecular formula is C15H21N3S. The van der Waals surface area contributed by atoms with Gasteiger partial charge in [0.1, 0.15) is 0 Å². The summed E-state index contributed by atoms with van der Waals surface area (Å²) in [6.07, 6.45) is 5.11. The maximum absolute atomic E-state index is 6.00. The fourth-order valence-corrected chi connectivity index (χ4v) is 2.78. The zero-order valence-electron chi connectivity index (χ0n) is 11.8. The SMILES string of the molecule is CSCCC(C)N(C)c1ccc(N)c2ncccc12. The highest BCUT2D eigenvalue weighted by Crippen LogP contribution is 2.30. The first-order valence-electron chi connectivity index (χ1n) is 6.50. The molecule has 1 heterocycles. The van der Waals surface area contributed by atoms with Crippen molar-refractivity contribution in [2.75, 3.05) is 29.7 Å². The van der Waals surface area contributed by atoms with Gasteiger partial charge >= 0.3 is 0 Å². The molecule has 102 valence electrons. The largest absolute Gasteiger partial charge is 0.397 e. The molecule has 2 aromatic rings. The van der Waals surface area contributed by atoms with Crippen molar-refractivity contribution < 1.29 is 0 Å². The third kappa shape index (κ3) is 2.95. The monoisotopic (exact) mass is 275 g/mol. The van der Waals surface area contributed by atoms with Crippen LogP contribution in [0.3, 0.4) is 0 Å². The number of anilines is 2. The molecule has 0 fully saturated rings. The fourth-order valence-electron chi connectivity index (χ4n) is 2.21. The summed E-state index contributed by atoms with van der Waals surface area (Å²) >= 11 is 1.89. The molecule has 4 heteroatoms. The molecule has 0 amide bonds. The Morgan fingerprint density at radius 1 is 1.37 bits per heavy atom. The van der Waals surface area contributed by atoms with Crippen LogP contribution in [0.25, 0.3) is 10.9 Å². The molecule has 0 aliphatic rings. The minimum Gasteiger partial charge on any atom is -0.397 e. The summed E-state index contributed by atoms with van der Waals surface area (Å²) in [5, 5.41) is 1.13. The zero-order chi connectivity index (χ0) is 13.8. The molecule has 0 radical (unpaired) electrons. The highest BCUT2D eigenvalue weighted by atomic mass is 32.2. The third-order valence-electron chi connectivity index (χ3n) is 3.56. The van der Waals surface area contributed by atoms with E-state index in [-0.39, 0.29) is 0 Å². The van der Waals surface area contributed by atoms with Crippen molar-refractivity contribution in [3.63, 3.8) is 0 Å². The van der Waals surface area contributed by atoms with E-state index in [2.05, 4.69) is 42.2 Å². The van der Waals surface area contributed by atoms with E-state index in [0.717, 1.165) is 16.6 Å². The van der Waals surface area contributed by atoms with Gasteiger partial charge in [-0.3, -0.25) is 4.98 Å². The number of rotatable bonds is 5. The van der Waals surface area contributed by atoms with Gasteiger partial charge in [-0.2, -0.15) is 11.8 Å². The average Bonchev–Trinajstić information content (AvgIpc) is 2.45. The summed E-state index contributed by atoms with van der Waals surface area (Å²) < 4.78 is 0. The Morgan fingerprint density at radius 3 is 2.89 bits per heavy atom. The van der Waals surface area contributed by atoms with Crippen molar-refractivity contribution in [1.29, 1.82) is 0 Å². The Morgan fingerprint density at radius 2 is 2.16 bits per heavy atom.